The van der Waals surface area contributed by atoms with Crippen LogP contribution in [0.5, 0.6) is 0 Å². The average molecular weight is 958 g/mol. The molecule has 0 bridgehead atoms. The second-order valence-corrected chi connectivity index (χ2v) is 48.7. The van der Waals surface area contributed by atoms with E-state index in [2.05, 4.69) is 152 Å². The molecule has 0 aliphatic heterocycles. The fraction of sp³-hybridized carbons (Fsp3) is 0.478. The van der Waals surface area contributed by atoms with Gasteiger partial charge in [0.15, 0.2) is 5.98 Å². The van der Waals surface area contributed by atoms with Crippen LogP contribution in [0, 0.1) is 76.2 Å². The predicted molar refractivity (Wildman–Crippen MR) is 179 cm³/mol. The molecule has 9 heteroatoms. The Morgan fingerprint density at radius 3 is 0.688 bits per heavy atom. The monoisotopic (exact) mass is 956 g/mol. The van der Waals surface area contributed by atoms with Gasteiger partial charge in [0.2, 0.25) is 0 Å². The summed E-state index contributed by atoms with van der Waals surface area (Å²) in [5.41, 5.74) is 15.7. The van der Waals surface area contributed by atoms with Crippen molar-refractivity contribution in [2.24, 2.45) is 0 Å². The topological polar surface area (TPSA) is 0 Å². The third-order valence-electron chi connectivity index (χ3n) is 6.28. The summed E-state index contributed by atoms with van der Waals surface area (Å²) in [5.74, 6) is -1.20. The van der Waals surface area contributed by atoms with Gasteiger partial charge in [-0.05, 0) is 137 Å². The molecule has 0 radical (unpaired) electrons. The van der Waals surface area contributed by atoms with Crippen LogP contribution in [0.3, 0.4) is 0 Å². The normalized spacial score (nSPS) is 10.1. The SMILES string of the molecule is Cc1c(C)c(C)c(Br)c(C)c1C.Cc1c(C)c(C)c(C)c(C)c1C.ClP(Cl)Cl.[I][V]([I])[I]. The molecule has 0 saturated carbocycles. The Balaban J connectivity index is 0. The van der Waals surface area contributed by atoms with Crippen molar-refractivity contribution in [3.05, 3.63) is 65.7 Å². The molecule has 0 atom stereocenters. The first kappa shape index (κ1) is 37.1. The minimum absolute atomic E-state index is 0.278. The number of hydrogen-bond acceptors (Lipinski definition) is 0. The van der Waals surface area contributed by atoms with Gasteiger partial charge in [0.1, 0.15) is 0 Å². The summed E-state index contributed by atoms with van der Waals surface area (Å²) in [7, 11) is 0. The Bertz CT molecular complexity index is 618. The number of halogens is 7. The third-order valence-corrected chi connectivity index (χ3v) is 7.47. The van der Waals surface area contributed by atoms with Crippen molar-refractivity contribution in [2.45, 2.75) is 76.2 Å². The molecule has 32 heavy (non-hydrogen) atoms. The van der Waals surface area contributed by atoms with Crippen LogP contribution in [0.2, 0.25) is 0 Å². The number of rotatable bonds is 0. The Kier molecular flexibility index (Phi) is 21.2. The van der Waals surface area contributed by atoms with E-state index >= 15 is 0 Å². The van der Waals surface area contributed by atoms with E-state index in [0.29, 0.717) is 0 Å². The van der Waals surface area contributed by atoms with E-state index in [-0.39, 0.29) is 4.92 Å². The van der Waals surface area contributed by atoms with Crippen molar-refractivity contribution in [3.8, 4) is 0 Å². The molecule has 0 N–H and O–H groups in total. The molecule has 184 valence electrons. The standard InChI is InChI=1S/C12H18.C11H15Br.Cl3P.3HI.V/c1-7-8(2)10(4)12(6)11(5)9(7)3;1-6-7(2)9(4)11(12)10(5)8(6)3;1-4(2)3;;;;/h1-6H3;1-5H3;;3*1H;/q;;;;;;+3/p-3. The van der Waals surface area contributed by atoms with Gasteiger partial charge in [0.25, 0.3) is 0 Å². The first-order chi connectivity index (χ1) is 14.4. The van der Waals surface area contributed by atoms with Gasteiger partial charge in [-0.25, -0.2) is 0 Å². The average Bonchev–Trinajstić information content (AvgIpc) is 2.70. The van der Waals surface area contributed by atoms with Gasteiger partial charge in [-0.15, -0.1) is 0 Å². The van der Waals surface area contributed by atoms with Crippen molar-refractivity contribution in [3.63, 3.8) is 0 Å². The van der Waals surface area contributed by atoms with Crippen molar-refractivity contribution >= 4 is 116 Å². The van der Waals surface area contributed by atoms with Crippen LogP contribution in [0.1, 0.15) is 61.2 Å². The zero-order valence-electron chi connectivity index (χ0n) is 20.5. The van der Waals surface area contributed by atoms with Gasteiger partial charge < -0.3 is 0 Å². The van der Waals surface area contributed by atoms with Crippen LogP contribution in [-0.2, 0) is 4.92 Å². The predicted octanol–water partition coefficient (Wildman–Crippen LogP) is 13.1. The van der Waals surface area contributed by atoms with E-state index in [9.17, 15) is 0 Å². The fourth-order valence-corrected chi connectivity index (χ4v) is 3.74. The Morgan fingerprint density at radius 1 is 0.469 bits per heavy atom. The molecule has 2 aromatic carbocycles. The van der Waals surface area contributed by atoms with E-state index in [1.54, 1.807) is 0 Å². The quantitative estimate of drug-likeness (QED) is 0.182. The van der Waals surface area contributed by atoms with E-state index in [0.717, 1.165) is 0 Å². The maximum absolute atomic E-state index is 4.87. The molecule has 0 heterocycles. The minimum atomic E-state index is -1.20. The molecular weight excluding hydrogens is 925 g/mol. The summed E-state index contributed by atoms with van der Waals surface area (Å²) in [6.45, 7) is 24.2. The fourth-order valence-electron chi connectivity index (χ4n) is 3.14. The Morgan fingerprint density at radius 2 is 0.562 bits per heavy atom. The van der Waals surface area contributed by atoms with Crippen molar-refractivity contribution in [2.75, 3.05) is 0 Å². The van der Waals surface area contributed by atoms with Crippen LogP contribution in [0.15, 0.2) is 4.47 Å². The van der Waals surface area contributed by atoms with Crippen molar-refractivity contribution in [1.29, 1.82) is 0 Å². The van der Waals surface area contributed by atoms with Gasteiger partial charge in [0.05, 0.1) is 0 Å². The van der Waals surface area contributed by atoms with Gasteiger partial charge in [-0.2, -0.15) is 0 Å². The van der Waals surface area contributed by atoms with Crippen LogP contribution in [-0.4, -0.2) is 0 Å². The van der Waals surface area contributed by atoms with Crippen LogP contribution >= 0.6 is 116 Å². The first-order valence-electron chi connectivity index (χ1n) is 9.70. The molecular formula is C23H33BrCl3I3PV. The van der Waals surface area contributed by atoms with Gasteiger partial charge in [-0.1, -0.05) is 49.7 Å². The summed E-state index contributed by atoms with van der Waals surface area (Å²) in [6.07, 6.45) is 0. The second kappa shape index (κ2) is 18.3. The van der Waals surface area contributed by atoms with Crippen LogP contribution < -0.4 is 0 Å². The Hall–Kier alpha value is 2.99. The van der Waals surface area contributed by atoms with Gasteiger partial charge in [-0.3, -0.25) is 0 Å². The summed E-state index contributed by atoms with van der Waals surface area (Å²) in [6, 6.07) is 0. The number of hydrogen-bond donors (Lipinski definition) is 0. The molecule has 0 saturated heterocycles. The molecule has 0 unspecified atom stereocenters. The Labute approximate surface area is 258 Å². The summed E-state index contributed by atoms with van der Waals surface area (Å²) < 4.78 is 1.27. The van der Waals surface area contributed by atoms with E-state index in [4.69, 9.17) is 33.7 Å². The van der Waals surface area contributed by atoms with Gasteiger partial charge >= 0.3 is 64.9 Å². The van der Waals surface area contributed by atoms with Crippen LogP contribution in [0.25, 0.3) is 0 Å². The van der Waals surface area contributed by atoms with Crippen molar-refractivity contribution in [1.82, 2.24) is 0 Å². The maximum atomic E-state index is 4.87. The summed E-state index contributed by atoms with van der Waals surface area (Å²) in [5, 5.41) is 0. The second-order valence-electron chi connectivity index (χ2n) is 7.57. The van der Waals surface area contributed by atoms with Gasteiger partial charge in [0, 0.05) is 4.47 Å². The van der Waals surface area contributed by atoms with E-state index in [1.165, 1.54) is 65.7 Å². The van der Waals surface area contributed by atoms with E-state index < -0.39 is 5.98 Å². The molecule has 0 amide bonds. The molecule has 2 aromatic rings. The van der Waals surface area contributed by atoms with Crippen molar-refractivity contribution < 1.29 is 4.92 Å². The molecule has 0 nitrogen and oxygen atoms in total. The zero-order valence-corrected chi connectivity index (χ0v) is 33.2. The molecule has 0 aliphatic rings. The number of benzene rings is 2. The molecule has 0 spiro atoms. The third kappa shape index (κ3) is 13.0. The molecule has 0 aliphatic carbocycles. The first-order valence-corrected chi connectivity index (χ1v) is 28.1. The molecule has 2 rings (SSSR count). The molecule has 0 aromatic heterocycles. The van der Waals surface area contributed by atoms with E-state index in [1.807, 2.05) is 0 Å². The summed E-state index contributed by atoms with van der Waals surface area (Å²) in [4.78, 5) is -0.278. The zero-order chi connectivity index (χ0) is 26.1. The summed E-state index contributed by atoms with van der Waals surface area (Å²) >= 11 is 25.6. The van der Waals surface area contributed by atoms with Crippen LogP contribution in [0.4, 0.5) is 0 Å². The molecule has 0 fully saturated rings.